The van der Waals surface area contributed by atoms with Crippen LogP contribution in [0.4, 0.5) is 5.69 Å². The van der Waals surface area contributed by atoms with Crippen LogP contribution in [0.5, 0.6) is 11.5 Å². The maximum Gasteiger partial charge on any atom is 0.219 e. The predicted molar refractivity (Wildman–Crippen MR) is 150 cm³/mol. The van der Waals surface area contributed by atoms with E-state index in [2.05, 4.69) is 22.0 Å². The molecule has 4 atom stereocenters. The second-order valence-corrected chi connectivity index (χ2v) is 11.7. The van der Waals surface area contributed by atoms with Crippen LogP contribution in [0.2, 0.25) is 0 Å². The van der Waals surface area contributed by atoms with Gasteiger partial charge in [-0.25, -0.2) is 0 Å². The lowest BCUT2D eigenvalue weighted by atomic mass is 9.61. The number of para-hydroxylation sites is 1. The fourth-order valence-corrected chi connectivity index (χ4v) is 8.58. The number of carbonyl (C=O) groups is 2. The highest BCUT2D eigenvalue weighted by molar-refractivity contribution is 6.10. The fourth-order valence-electron chi connectivity index (χ4n) is 8.58. The van der Waals surface area contributed by atoms with Crippen molar-refractivity contribution < 1.29 is 36.3 Å². The maximum atomic E-state index is 14.4. The van der Waals surface area contributed by atoms with Crippen molar-refractivity contribution in [1.29, 1.82) is 0 Å². The van der Waals surface area contributed by atoms with Gasteiger partial charge in [0.15, 0.2) is 0 Å². The number of nitrogens with one attached hydrogen (secondary N) is 1. The summed E-state index contributed by atoms with van der Waals surface area (Å²) < 4.78 is 8.26. The van der Waals surface area contributed by atoms with E-state index in [1.165, 1.54) is 5.57 Å². The number of Topliss-reactive ketones (excluding diaryl/α,β-unsaturated/α-hetero) is 1. The number of phenols is 1. The van der Waals surface area contributed by atoms with E-state index in [-0.39, 0.29) is 35.9 Å². The number of rotatable bonds is 5. The third kappa shape index (κ3) is 3.16. The maximum absolute atomic E-state index is 14.4. The van der Waals surface area contributed by atoms with Crippen LogP contribution in [0.15, 0.2) is 59.3 Å². The Morgan fingerprint density at radius 3 is 2.83 bits per heavy atom. The Kier molecular flexibility index (Phi) is 5.99. The van der Waals surface area contributed by atoms with Crippen LogP contribution in [-0.2, 0) is 17.3 Å². The molecule has 3 aromatic rings. The number of nitrogens with zero attached hydrogens (tertiary/aromatic N) is 2. The topological polar surface area (TPSA) is 80.6 Å². The normalized spacial score (nSPS) is 28.6. The van der Waals surface area contributed by atoms with Crippen LogP contribution in [-0.4, -0.2) is 59.0 Å². The van der Waals surface area contributed by atoms with Gasteiger partial charge in [-0.15, -0.1) is 0 Å². The SMILES string of the molecule is C/C=C1/C[N+]2(CC(=O)c3c(C)n(C)c4ccc(OC)cc34)CC[C@]34C(=C(C=O)[C@H]1CC32)Nc1c(O)cccc14.[Cl-]. The zero-order chi connectivity index (χ0) is 27.3. The van der Waals surface area contributed by atoms with E-state index in [0.29, 0.717) is 16.7 Å². The number of fused-ring (bicyclic) bond motifs is 3. The summed E-state index contributed by atoms with van der Waals surface area (Å²) in [5.41, 5.74) is 7.08. The molecule has 0 amide bonds. The smallest absolute Gasteiger partial charge is 0.219 e. The molecule has 1 spiro atoms. The van der Waals surface area contributed by atoms with E-state index in [0.717, 1.165) is 77.0 Å². The number of ether oxygens (including phenoxy) is 1. The third-order valence-electron chi connectivity index (χ3n) is 10.4. The van der Waals surface area contributed by atoms with Gasteiger partial charge in [0, 0.05) is 53.7 Å². The molecule has 40 heavy (non-hydrogen) atoms. The number of benzene rings is 2. The highest BCUT2D eigenvalue weighted by Gasteiger charge is 2.69. The first kappa shape index (κ1) is 26.7. The Morgan fingerprint density at radius 1 is 1.30 bits per heavy atom. The van der Waals surface area contributed by atoms with Crippen molar-refractivity contribution in [2.75, 3.05) is 32.1 Å². The lowest BCUT2D eigenvalue weighted by molar-refractivity contribution is -0.934. The van der Waals surface area contributed by atoms with Crippen molar-refractivity contribution in [3.63, 3.8) is 0 Å². The predicted octanol–water partition coefficient (Wildman–Crippen LogP) is 1.77. The number of aryl methyl sites for hydroxylation is 1. The first-order valence-electron chi connectivity index (χ1n) is 13.8. The monoisotopic (exact) mass is 559 g/mol. The summed E-state index contributed by atoms with van der Waals surface area (Å²) in [5, 5.41) is 15.2. The second-order valence-electron chi connectivity index (χ2n) is 11.7. The highest BCUT2D eigenvalue weighted by atomic mass is 35.5. The van der Waals surface area contributed by atoms with Crippen LogP contribution in [0.3, 0.4) is 0 Å². The zero-order valence-electron chi connectivity index (χ0n) is 23.3. The van der Waals surface area contributed by atoms with Crippen molar-refractivity contribution in [2.45, 2.75) is 38.1 Å². The van der Waals surface area contributed by atoms with Gasteiger partial charge in [0.05, 0.1) is 30.3 Å². The van der Waals surface area contributed by atoms with E-state index >= 15 is 0 Å². The number of aldehydes is 1. The van der Waals surface area contributed by atoms with Gasteiger partial charge in [-0.1, -0.05) is 18.2 Å². The number of hydrogen-bond donors (Lipinski definition) is 2. The van der Waals surface area contributed by atoms with Crippen molar-refractivity contribution in [3.05, 3.63) is 76.1 Å². The number of quaternary nitrogens is 1. The molecule has 2 aromatic carbocycles. The minimum atomic E-state index is -0.405. The number of ketones is 1. The van der Waals surface area contributed by atoms with Gasteiger partial charge in [0.1, 0.15) is 36.9 Å². The number of halogens is 1. The van der Waals surface area contributed by atoms with Crippen LogP contribution in [0.25, 0.3) is 10.9 Å². The Hall–Kier alpha value is -3.55. The average Bonchev–Trinajstić information content (AvgIpc) is 3.55. The molecule has 2 N–H and O–H groups in total. The number of hydrogen-bond acceptors (Lipinski definition) is 5. The molecule has 2 bridgehead atoms. The molecule has 208 valence electrons. The van der Waals surface area contributed by atoms with Gasteiger partial charge >= 0.3 is 0 Å². The van der Waals surface area contributed by atoms with E-state index in [1.807, 2.05) is 45.2 Å². The Labute approximate surface area is 240 Å². The molecule has 7 nitrogen and oxygen atoms in total. The summed E-state index contributed by atoms with van der Waals surface area (Å²) in [6.07, 6.45) is 4.82. The number of anilines is 1. The van der Waals surface area contributed by atoms with Gasteiger partial charge in [-0.2, -0.15) is 0 Å². The molecule has 7 rings (SSSR count). The quantitative estimate of drug-likeness (QED) is 0.164. The second kappa shape index (κ2) is 8.98. The molecule has 2 unspecified atom stereocenters. The van der Waals surface area contributed by atoms with Crippen molar-refractivity contribution in [3.8, 4) is 11.5 Å². The molecule has 2 fully saturated rings. The summed E-state index contributed by atoms with van der Waals surface area (Å²) >= 11 is 0. The Morgan fingerprint density at radius 2 is 2.10 bits per heavy atom. The standard InChI is InChI=1S/C32H33N3O4.ClH/c1-5-19-15-35(16-27(38)29-18(2)34(3)25-10-9-20(39-4)13-22(25)29)12-11-32-24-7-6-8-26(37)30(24)33-31(32)23(17-36)21(19)14-28(32)35;/h5-10,13,17,21,28H,11-12,14-16H2,1-4H3,(H-,33,36,37);1H/b19-5-;/t21-,28?,32+,35?;/m0./s1. The first-order valence-corrected chi connectivity index (χ1v) is 13.8. The van der Waals surface area contributed by atoms with Crippen LogP contribution in [0, 0.1) is 12.8 Å². The Bertz CT molecular complexity index is 1670. The number of aromatic hydroxyl groups is 1. The molecule has 3 aliphatic heterocycles. The first-order chi connectivity index (χ1) is 18.8. The van der Waals surface area contributed by atoms with Gasteiger partial charge in [0.2, 0.25) is 5.78 Å². The van der Waals surface area contributed by atoms with E-state index in [1.54, 1.807) is 13.2 Å². The molecule has 2 saturated heterocycles. The molecule has 8 heteroatoms. The van der Waals surface area contributed by atoms with Crippen LogP contribution in [0.1, 0.15) is 41.4 Å². The average molecular weight is 560 g/mol. The van der Waals surface area contributed by atoms with Crippen molar-refractivity contribution >= 4 is 28.7 Å². The minimum absolute atomic E-state index is 0. The lowest BCUT2D eigenvalue weighted by Gasteiger charge is -2.53. The van der Waals surface area contributed by atoms with Crippen LogP contribution < -0.4 is 22.5 Å². The molecule has 0 radical (unpaired) electrons. The van der Waals surface area contributed by atoms with E-state index in [4.69, 9.17) is 4.74 Å². The summed E-state index contributed by atoms with van der Waals surface area (Å²) in [6, 6.07) is 11.7. The summed E-state index contributed by atoms with van der Waals surface area (Å²) in [5.74, 6) is 1.12. The summed E-state index contributed by atoms with van der Waals surface area (Å²) in [4.78, 5) is 27.0. The number of piperidine rings is 1. The molecule has 4 aliphatic rings. The zero-order valence-corrected chi connectivity index (χ0v) is 24.0. The molecular weight excluding hydrogens is 526 g/mol. The molecular formula is C32H34ClN3O4. The van der Waals surface area contributed by atoms with E-state index in [9.17, 15) is 14.7 Å². The molecule has 4 heterocycles. The lowest BCUT2D eigenvalue weighted by Crippen LogP contribution is -3.00. The number of phenolic OH excluding ortho intramolecular Hbond substituents is 1. The largest absolute Gasteiger partial charge is 1.00 e. The molecule has 0 saturated carbocycles. The number of aromatic nitrogens is 1. The van der Waals surface area contributed by atoms with E-state index < -0.39 is 5.41 Å². The van der Waals surface area contributed by atoms with Gasteiger partial charge in [0.25, 0.3) is 0 Å². The van der Waals surface area contributed by atoms with Crippen molar-refractivity contribution in [2.24, 2.45) is 13.0 Å². The van der Waals surface area contributed by atoms with Crippen LogP contribution >= 0.6 is 0 Å². The summed E-state index contributed by atoms with van der Waals surface area (Å²) in [7, 11) is 3.66. The molecule has 1 aliphatic carbocycles. The molecule has 1 aromatic heterocycles. The van der Waals surface area contributed by atoms with Gasteiger partial charge < -0.3 is 36.6 Å². The fraction of sp³-hybridized carbons (Fsp3) is 0.375. The third-order valence-corrected chi connectivity index (χ3v) is 10.4. The minimum Gasteiger partial charge on any atom is -1.00 e. The Balaban J connectivity index is 0.00000289. The van der Waals surface area contributed by atoms with Crippen molar-refractivity contribution in [1.82, 2.24) is 4.57 Å². The van der Waals surface area contributed by atoms with Gasteiger partial charge in [-0.3, -0.25) is 9.59 Å². The summed E-state index contributed by atoms with van der Waals surface area (Å²) in [6.45, 7) is 6.05. The van der Waals surface area contributed by atoms with Gasteiger partial charge in [-0.05, 0) is 49.2 Å². The number of carbonyl (C=O) groups excluding carboxylic acids is 2. The number of methoxy groups -OCH3 is 1. The number of allylic oxidation sites excluding steroid dienone is 2. The highest BCUT2D eigenvalue weighted by Crippen LogP contribution is 2.64.